The van der Waals surface area contributed by atoms with Gasteiger partial charge in [0, 0.05) is 12.6 Å². The maximum atomic E-state index is 13.5. The van der Waals surface area contributed by atoms with E-state index in [9.17, 15) is 18.0 Å². The average molecular weight is 509 g/mol. The lowest BCUT2D eigenvalue weighted by Gasteiger charge is -2.25. The van der Waals surface area contributed by atoms with Crippen molar-refractivity contribution < 1.29 is 22.7 Å². The van der Waals surface area contributed by atoms with E-state index in [1.165, 1.54) is 19.1 Å². The fraction of sp³-hybridized carbons (Fsp3) is 0.192. The Morgan fingerprint density at radius 3 is 2.19 bits per heavy atom. The van der Waals surface area contributed by atoms with Crippen molar-refractivity contribution in [3.8, 4) is 5.75 Å². The third-order valence-corrected chi connectivity index (χ3v) is 6.80. The number of carbonyl (C=O) groups is 2. The number of benzene rings is 3. The summed E-state index contributed by atoms with van der Waals surface area (Å²) >= 11 is 0. The van der Waals surface area contributed by atoms with Gasteiger partial charge in [-0.25, -0.2) is 13.8 Å². The first-order chi connectivity index (χ1) is 17.2. The number of hydrogen-bond donors (Lipinski definition) is 2. The minimum Gasteiger partial charge on any atom is -0.492 e. The zero-order chi connectivity index (χ0) is 26.1. The van der Waals surface area contributed by atoms with Gasteiger partial charge in [-0.05, 0) is 55.8 Å². The predicted octanol–water partition coefficient (Wildman–Crippen LogP) is 3.78. The van der Waals surface area contributed by atoms with Gasteiger partial charge >= 0.3 is 0 Å². The smallest absolute Gasteiger partial charge is 0.264 e. The van der Waals surface area contributed by atoms with Crippen molar-refractivity contribution in [2.75, 3.05) is 22.8 Å². The van der Waals surface area contributed by atoms with Crippen molar-refractivity contribution in [2.45, 2.75) is 25.7 Å². The summed E-state index contributed by atoms with van der Waals surface area (Å²) in [7, 11) is -4.09. The highest BCUT2D eigenvalue weighted by Crippen LogP contribution is 2.32. The fourth-order valence-electron chi connectivity index (χ4n) is 3.33. The fourth-order valence-corrected chi connectivity index (χ4v) is 4.79. The molecular formula is C26H28N4O5S. The Balaban J connectivity index is 1.85. The molecule has 3 aromatic carbocycles. The summed E-state index contributed by atoms with van der Waals surface area (Å²) in [4.78, 5) is 24.1. The molecule has 2 amide bonds. The Morgan fingerprint density at radius 1 is 0.917 bits per heavy atom. The van der Waals surface area contributed by atoms with Crippen LogP contribution in [-0.2, 0) is 19.6 Å². The van der Waals surface area contributed by atoms with Crippen LogP contribution >= 0.6 is 0 Å². The highest BCUT2D eigenvalue weighted by Gasteiger charge is 2.29. The molecule has 0 heterocycles. The normalized spacial score (nSPS) is 11.5. The van der Waals surface area contributed by atoms with Crippen molar-refractivity contribution in [2.24, 2.45) is 5.10 Å². The van der Waals surface area contributed by atoms with Crippen molar-refractivity contribution >= 4 is 38.9 Å². The lowest BCUT2D eigenvalue weighted by Crippen LogP contribution is -2.40. The number of sulfonamides is 1. The Bertz CT molecular complexity index is 1340. The van der Waals surface area contributed by atoms with E-state index in [-0.39, 0.29) is 16.5 Å². The molecule has 0 fully saturated rings. The summed E-state index contributed by atoms with van der Waals surface area (Å²) in [6, 6.07) is 21.5. The van der Waals surface area contributed by atoms with Gasteiger partial charge in [-0.15, -0.1) is 0 Å². The number of carbonyl (C=O) groups excluding carboxylic acids is 2. The third kappa shape index (κ3) is 6.70. The molecule has 0 aromatic heterocycles. The number of ether oxygens (including phenoxy) is 1. The Hall–Kier alpha value is -4.18. The van der Waals surface area contributed by atoms with E-state index in [0.29, 0.717) is 23.8 Å². The lowest BCUT2D eigenvalue weighted by atomic mass is 10.1. The molecule has 0 saturated carbocycles. The summed E-state index contributed by atoms with van der Waals surface area (Å²) in [5.74, 6) is -0.470. The first-order valence-electron chi connectivity index (χ1n) is 11.2. The molecular weight excluding hydrogens is 480 g/mol. The maximum absolute atomic E-state index is 13.5. The van der Waals surface area contributed by atoms with E-state index < -0.39 is 22.5 Å². The van der Waals surface area contributed by atoms with E-state index >= 15 is 0 Å². The Morgan fingerprint density at radius 2 is 1.56 bits per heavy atom. The van der Waals surface area contributed by atoms with Crippen LogP contribution in [0, 0.1) is 0 Å². The molecule has 0 radical (unpaired) electrons. The standard InChI is InChI=1S/C26H28N4O5S/c1-4-35-25-13-9-8-12-24(25)30(36(33,34)23-10-6-5-7-11-23)18-26(32)29-28-19(2)21-14-16-22(17-15-21)27-20(3)31/h5-17H,4,18H2,1-3H3,(H,27,31)(H,29,32)/b28-19-. The second-order valence-electron chi connectivity index (χ2n) is 7.72. The SMILES string of the molecule is CCOc1ccccc1N(CC(=O)N/N=C(/C)c1ccc(NC(C)=O)cc1)S(=O)(=O)c1ccccc1. The van der Waals surface area contributed by atoms with E-state index in [4.69, 9.17) is 4.74 Å². The van der Waals surface area contributed by atoms with E-state index in [1.807, 2.05) is 0 Å². The monoisotopic (exact) mass is 508 g/mol. The van der Waals surface area contributed by atoms with Gasteiger partial charge in [-0.3, -0.25) is 13.9 Å². The van der Waals surface area contributed by atoms with Crippen LogP contribution in [-0.4, -0.2) is 39.1 Å². The molecule has 0 unspecified atom stereocenters. The second kappa shape index (κ2) is 12.0. The number of hydrazone groups is 1. The number of anilines is 2. The maximum Gasteiger partial charge on any atom is 0.264 e. The molecule has 0 aliphatic rings. The molecule has 0 spiro atoms. The van der Waals surface area contributed by atoms with Crippen LogP contribution in [0.15, 0.2) is 88.9 Å². The Labute approximate surface area is 210 Å². The summed E-state index contributed by atoms with van der Waals surface area (Å²) in [6.07, 6.45) is 0. The van der Waals surface area contributed by atoms with Crippen LogP contribution in [0.4, 0.5) is 11.4 Å². The molecule has 9 nitrogen and oxygen atoms in total. The van der Waals surface area contributed by atoms with E-state index in [1.54, 1.807) is 80.6 Å². The molecule has 188 valence electrons. The first-order valence-corrected chi connectivity index (χ1v) is 12.7. The van der Waals surface area contributed by atoms with Crippen LogP contribution in [0.3, 0.4) is 0 Å². The van der Waals surface area contributed by atoms with Crippen LogP contribution < -0.4 is 19.8 Å². The lowest BCUT2D eigenvalue weighted by molar-refractivity contribution is -0.119. The molecule has 3 aromatic rings. The largest absolute Gasteiger partial charge is 0.492 e. The van der Waals surface area contributed by atoms with Crippen molar-refractivity contribution in [3.05, 3.63) is 84.4 Å². The number of hydrogen-bond acceptors (Lipinski definition) is 6. The zero-order valence-corrected chi connectivity index (χ0v) is 21.1. The van der Waals surface area contributed by atoms with Crippen molar-refractivity contribution in [3.63, 3.8) is 0 Å². The van der Waals surface area contributed by atoms with Crippen LogP contribution in [0.5, 0.6) is 5.75 Å². The Kier molecular flexibility index (Phi) is 8.80. The van der Waals surface area contributed by atoms with Crippen LogP contribution in [0.25, 0.3) is 0 Å². The first kappa shape index (κ1) is 26.4. The molecule has 0 aliphatic heterocycles. The van der Waals surface area contributed by atoms with Gasteiger partial charge in [0.15, 0.2) is 0 Å². The van der Waals surface area contributed by atoms with Gasteiger partial charge in [0.1, 0.15) is 12.3 Å². The van der Waals surface area contributed by atoms with Gasteiger partial charge in [-0.2, -0.15) is 5.10 Å². The van der Waals surface area contributed by atoms with Crippen LogP contribution in [0.2, 0.25) is 0 Å². The minimum absolute atomic E-state index is 0.0445. The number of rotatable bonds is 10. The summed E-state index contributed by atoms with van der Waals surface area (Å²) in [5.41, 5.74) is 4.54. The molecule has 36 heavy (non-hydrogen) atoms. The summed E-state index contributed by atoms with van der Waals surface area (Å²) in [5, 5.41) is 6.80. The molecule has 0 aliphatic carbocycles. The molecule has 10 heteroatoms. The van der Waals surface area contributed by atoms with E-state index in [2.05, 4.69) is 15.8 Å². The predicted molar refractivity (Wildman–Crippen MR) is 140 cm³/mol. The van der Waals surface area contributed by atoms with Gasteiger partial charge < -0.3 is 10.1 Å². The number of amides is 2. The average Bonchev–Trinajstić information content (AvgIpc) is 2.87. The number of nitrogens with one attached hydrogen (secondary N) is 2. The van der Waals surface area contributed by atoms with Crippen LogP contribution in [0.1, 0.15) is 26.3 Å². The molecule has 2 N–H and O–H groups in total. The summed E-state index contributed by atoms with van der Waals surface area (Å²) < 4.78 is 33.7. The van der Waals surface area contributed by atoms with Gasteiger partial charge in [0.2, 0.25) is 5.91 Å². The topological polar surface area (TPSA) is 117 Å². The number of nitrogens with zero attached hydrogens (tertiary/aromatic N) is 2. The van der Waals surface area contributed by atoms with Gasteiger partial charge in [0.25, 0.3) is 15.9 Å². The molecule has 3 rings (SSSR count). The highest BCUT2D eigenvalue weighted by atomic mass is 32.2. The molecule has 0 saturated heterocycles. The summed E-state index contributed by atoms with van der Waals surface area (Å²) in [6.45, 7) is 4.73. The minimum atomic E-state index is -4.09. The van der Waals surface area contributed by atoms with Crippen molar-refractivity contribution in [1.82, 2.24) is 5.43 Å². The quantitative estimate of drug-likeness (QED) is 0.319. The molecule has 0 atom stereocenters. The van der Waals surface area contributed by atoms with Gasteiger partial charge in [0.05, 0.1) is 22.9 Å². The zero-order valence-electron chi connectivity index (χ0n) is 20.3. The highest BCUT2D eigenvalue weighted by molar-refractivity contribution is 7.92. The third-order valence-electron chi connectivity index (χ3n) is 5.02. The van der Waals surface area contributed by atoms with Crippen molar-refractivity contribution in [1.29, 1.82) is 0 Å². The van der Waals surface area contributed by atoms with Gasteiger partial charge in [-0.1, -0.05) is 42.5 Å². The second-order valence-corrected chi connectivity index (χ2v) is 9.58. The number of para-hydroxylation sites is 2. The van der Waals surface area contributed by atoms with E-state index in [0.717, 1.165) is 9.87 Å². The molecule has 0 bridgehead atoms.